The fraction of sp³-hybridized carbons (Fsp3) is 1.00. The van der Waals surface area contributed by atoms with E-state index in [9.17, 15) is 0 Å². The molecule has 0 amide bonds. The van der Waals surface area contributed by atoms with Crippen LogP contribution >= 0.6 is 0 Å². The number of piperazine rings is 1. The van der Waals surface area contributed by atoms with E-state index in [1.165, 1.54) is 13.1 Å². The van der Waals surface area contributed by atoms with E-state index in [2.05, 4.69) is 58.3 Å². The summed E-state index contributed by atoms with van der Waals surface area (Å²) >= 11 is 0. The third-order valence-electron chi connectivity index (χ3n) is 3.56. The molecule has 0 aromatic heterocycles. The van der Waals surface area contributed by atoms with Crippen LogP contribution in [0.1, 0.15) is 48.5 Å². The topological polar surface area (TPSA) is 6.48 Å². The molecule has 0 aromatic carbocycles. The standard InChI is InChI=1S/C13H28N2/c1-10(2)14-8-12(4)15(9-11(14)3)13(5,6)7/h10-12H,8-9H2,1-7H3/t11-,12+/m1/s1. The molecule has 1 aliphatic heterocycles. The molecule has 2 atom stereocenters. The van der Waals surface area contributed by atoms with Crippen LogP contribution in [0.25, 0.3) is 0 Å². The predicted molar refractivity (Wildman–Crippen MR) is 67.2 cm³/mol. The molecular weight excluding hydrogens is 184 g/mol. The molecule has 1 fully saturated rings. The molecule has 2 nitrogen and oxygen atoms in total. The van der Waals surface area contributed by atoms with Crippen molar-refractivity contribution in [2.45, 2.75) is 72.1 Å². The van der Waals surface area contributed by atoms with E-state index in [0.29, 0.717) is 23.7 Å². The minimum atomic E-state index is 0.302. The largest absolute Gasteiger partial charge is 0.295 e. The Kier molecular flexibility index (Phi) is 3.83. The summed E-state index contributed by atoms with van der Waals surface area (Å²) in [7, 11) is 0. The molecule has 1 heterocycles. The van der Waals surface area contributed by atoms with Gasteiger partial charge in [-0.1, -0.05) is 0 Å². The maximum atomic E-state index is 2.64. The van der Waals surface area contributed by atoms with Gasteiger partial charge in [0.2, 0.25) is 0 Å². The summed E-state index contributed by atoms with van der Waals surface area (Å²) in [6, 6.07) is 2.02. The van der Waals surface area contributed by atoms with Crippen LogP contribution in [0, 0.1) is 0 Å². The summed E-state index contributed by atoms with van der Waals surface area (Å²) in [5.41, 5.74) is 0.302. The molecule has 0 saturated carbocycles. The molecule has 0 aliphatic carbocycles. The van der Waals surface area contributed by atoms with Gasteiger partial charge in [0.25, 0.3) is 0 Å². The monoisotopic (exact) mass is 212 g/mol. The summed E-state index contributed by atoms with van der Waals surface area (Å²) < 4.78 is 0. The van der Waals surface area contributed by atoms with Gasteiger partial charge in [-0.15, -0.1) is 0 Å². The lowest BCUT2D eigenvalue weighted by molar-refractivity contribution is -0.0233. The van der Waals surface area contributed by atoms with Gasteiger partial charge in [-0.2, -0.15) is 0 Å². The van der Waals surface area contributed by atoms with Crippen LogP contribution in [0.5, 0.6) is 0 Å². The molecule has 1 aliphatic rings. The van der Waals surface area contributed by atoms with E-state index in [1.54, 1.807) is 0 Å². The van der Waals surface area contributed by atoms with Gasteiger partial charge in [-0.25, -0.2) is 0 Å². The van der Waals surface area contributed by atoms with Crippen molar-refractivity contribution in [3.8, 4) is 0 Å². The second kappa shape index (κ2) is 4.42. The van der Waals surface area contributed by atoms with Gasteiger partial charge in [0, 0.05) is 36.8 Å². The minimum absolute atomic E-state index is 0.302. The molecule has 0 aromatic rings. The zero-order valence-corrected chi connectivity index (χ0v) is 11.5. The first-order chi connectivity index (χ1) is 6.73. The number of rotatable bonds is 1. The summed E-state index contributed by atoms with van der Waals surface area (Å²) in [6.45, 7) is 18.7. The fourth-order valence-corrected chi connectivity index (χ4v) is 2.81. The summed E-state index contributed by atoms with van der Waals surface area (Å²) in [4.78, 5) is 5.25. The summed E-state index contributed by atoms with van der Waals surface area (Å²) in [5, 5.41) is 0. The zero-order chi connectivity index (χ0) is 11.8. The first-order valence-corrected chi connectivity index (χ1v) is 6.26. The highest BCUT2D eigenvalue weighted by atomic mass is 15.3. The van der Waals surface area contributed by atoms with Crippen molar-refractivity contribution < 1.29 is 0 Å². The molecule has 15 heavy (non-hydrogen) atoms. The van der Waals surface area contributed by atoms with Crippen molar-refractivity contribution >= 4 is 0 Å². The van der Waals surface area contributed by atoms with Crippen LogP contribution in [-0.2, 0) is 0 Å². The first kappa shape index (κ1) is 13.0. The van der Waals surface area contributed by atoms with Crippen LogP contribution in [0.2, 0.25) is 0 Å². The second-order valence-corrected chi connectivity index (χ2v) is 6.31. The fourth-order valence-electron chi connectivity index (χ4n) is 2.81. The van der Waals surface area contributed by atoms with Crippen LogP contribution in [0.4, 0.5) is 0 Å². The number of hydrogen-bond donors (Lipinski definition) is 0. The molecular formula is C13H28N2. The van der Waals surface area contributed by atoms with Gasteiger partial charge in [-0.05, 0) is 48.5 Å². The summed E-state index contributed by atoms with van der Waals surface area (Å²) in [6.07, 6.45) is 0. The van der Waals surface area contributed by atoms with Crippen LogP contribution < -0.4 is 0 Å². The molecule has 0 N–H and O–H groups in total. The van der Waals surface area contributed by atoms with Gasteiger partial charge in [-0.3, -0.25) is 9.80 Å². The minimum Gasteiger partial charge on any atom is -0.295 e. The summed E-state index contributed by atoms with van der Waals surface area (Å²) in [5.74, 6) is 0. The maximum Gasteiger partial charge on any atom is 0.0200 e. The van der Waals surface area contributed by atoms with Crippen molar-refractivity contribution in [2.24, 2.45) is 0 Å². The average Bonchev–Trinajstić information content (AvgIpc) is 2.06. The molecule has 0 spiro atoms. The van der Waals surface area contributed by atoms with Crippen molar-refractivity contribution in [1.82, 2.24) is 9.80 Å². The van der Waals surface area contributed by atoms with Gasteiger partial charge in [0.1, 0.15) is 0 Å². The Bertz CT molecular complexity index is 205. The molecule has 0 bridgehead atoms. The second-order valence-electron chi connectivity index (χ2n) is 6.31. The predicted octanol–water partition coefficient (Wildman–Crippen LogP) is 2.59. The van der Waals surface area contributed by atoms with E-state index in [4.69, 9.17) is 0 Å². The van der Waals surface area contributed by atoms with Crippen molar-refractivity contribution in [3.63, 3.8) is 0 Å². The average molecular weight is 212 g/mol. The number of nitrogens with zero attached hydrogens (tertiary/aromatic N) is 2. The van der Waals surface area contributed by atoms with E-state index in [-0.39, 0.29) is 0 Å². The van der Waals surface area contributed by atoms with E-state index in [1.807, 2.05) is 0 Å². The first-order valence-electron chi connectivity index (χ1n) is 6.26. The highest BCUT2D eigenvalue weighted by molar-refractivity contribution is 4.91. The van der Waals surface area contributed by atoms with Crippen LogP contribution in [0.15, 0.2) is 0 Å². The van der Waals surface area contributed by atoms with Gasteiger partial charge in [0.15, 0.2) is 0 Å². The van der Waals surface area contributed by atoms with Crippen molar-refractivity contribution in [2.75, 3.05) is 13.1 Å². The third kappa shape index (κ3) is 2.94. The van der Waals surface area contributed by atoms with E-state index in [0.717, 1.165) is 0 Å². The molecule has 2 heteroatoms. The van der Waals surface area contributed by atoms with Gasteiger partial charge >= 0.3 is 0 Å². The molecule has 1 rings (SSSR count). The zero-order valence-electron chi connectivity index (χ0n) is 11.5. The normalized spacial score (nSPS) is 31.2. The number of hydrogen-bond acceptors (Lipinski definition) is 2. The molecule has 0 unspecified atom stereocenters. The molecule has 0 radical (unpaired) electrons. The molecule has 1 saturated heterocycles. The lowest BCUT2D eigenvalue weighted by Gasteiger charge is -2.51. The highest BCUT2D eigenvalue weighted by Gasteiger charge is 2.35. The smallest absolute Gasteiger partial charge is 0.0200 e. The Hall–Kier alpha value is -0.0800. The Morgan fingerprint density at radius 2 is 1.53 bits per heavy atom. The van der Waals surface area contributed by atoms with Gasteiger partial charge < -0.3 is 0 Å². The van der Waals surface area contributed by atoms with Crippen LogP contribution in [0.3, 0.4) is 0 Å². The van der Waals surface area contributed by atoms with Crippen LogP contribution in [-0.4, -0.2) is 46.6 Å². The maximum absolute atomic E-state index is 2.64. The third-order valence-corrected chi connectivity index (χ3v) is 3.56. The Morgan fingerprint density at radius 1 is 1.00 bits per heavy atom. The Morgan fingerprint density at radius 3 is 1.93 bits per heavy atom. The lowest BCUT2D eigenvalue weighted by Crippen LogP contribution is -2.62. The van der Waals surface area contributed by atoms with Gasteiger partial charge in [0.05, 0.1) is 0 Å². The highest BCUT2D eigenvalue weighted by Crippen LogP contribution is 2.24. The Balaban J connectivity index is 2.71. The van der Waals surface area contributed by atoms with Crippen molar-refractivity contribution in [3.05, 3.63) is 0 Å². The Labute approximate surface area is 95.6 Å². The van der Waals surface area contributed by atoms with E-state index < -0.39 is 0 Å². The quantitative estimate of drug-likeness (QED) is 0.659. The van der Waals surface area contributed by atoms with Crippen molar-refractivity contribution in [1.29, 1.82) is 0 Å². The SMILES string of the molecule is CC(C)N1C[C@H](C)N(C(C)(C)C)C[C@H]1C. The molecule has 90 valence electrons. The van der Waals surface area contributed by atoms with E-state index >= 15 is 0 Å². The lowest BCUT2D eigenvalue weighted by atomic mass is 9.97.